The van der Waals surface area contributed by atoms with E-state index in [-0.39, 0.29) is 30.3 Å². The average molecular weight is 541 g/mol. The number of carbonyl (C=O) groups is 3. The third kappa shape index (κ3) is 8.67. The van der Waals surface area contributed by atoms with Crippen LogP contribution < -0.4 is 9.47 Å². The molecular weight excluding hydrogens is 504 g/mol. The second-order valence-corrected chi connectivity index (χ2v) is 9.39. The monoisotopic (exact) mass is 540 g/mol. The Hall–Kier alpha value is -4.71. The molecule has 4 aromatic rings. The zero-order valence-corrected chi connectivity index (χ0v) is 22.8. The van der Waals surface area contributed by atoms with Gasteiger partial charge in [0.25, 0.3) is 0 Å². The van der Waals surface area contributed by atoms with Crippen LogP contribution in [0.5, 0.6) is 11.5 Å². The van der Waals surface area contributed by atoms with Crippen LogP contribution in [0.15, 0.2) is 103 Å². The van der Waals surface area contributed by atoms with Crippen molar-refractivity contribution < 1.29 is 28.6 Å². The largest absolute Gasteiger partial charge is 0.519 e. The van der Waals surface area contributed by atoms with Crippen LogP contribution in [0.2, 0.25) is 0 Å². The number of benzene rings is 4. The first-order valence-electron chi connectivity index (χ1n) is 12.4. The fourth-order valence-electron chi connectivity index (χ4n) is 3.75. The minimum absolute atomic E-state index is 0. The van der Waals surface area contributed by atoms with E-state index in [9.17, 15) is 14.4 Å². The predicted molar refractivity (Wildman–Crippen MR) is 157 cm³/mol. The number of hydrogen-bond donors (Lipinski definition) is 0. The summed E-state index contributed by atoms with van der Waals surface area (Å²) in [5, 5.41) is 0. The lowest BCUT2D eigenvalue weighted by Crippen LogP contribution is -2.19. The molecule has 0 bridgehead atoms. The van der Waals surface area contributed by atoms with Gasteiger partial charge < -0.3 is 14.2 Å². The third-order valence-corrected chi connectivity index (χ3v) is 6.17. The Bertz CT molecular complexity index is 1410. The zero-order chi connectivity index (χ0) is 28.4. The smallest absolute Gasteiger partial charge is 0.469 e. The van der Waals surface area contributed by atoms with Gasteiger partial charge >= 0.3 is 12.1 Å². The topological polar surface area (TPSA) is 78.9 Å². The molecule has 0 saturated carbocycles. The molecule has 0 N–H and O–H groups in total. The summed E-state index contributed by atoms with van der Waals surface area (Å²) in [6.07, 6.45) is -0.866. The Labute approximate surface area is 236 Å². The molecular formula is C34H36O6. The van der Waals surface area contributed by atoms with Crippen molar-refractivity contribution in [1.82, 2.24) is 0 Å². The van der Waals surface area contributed by atoms with E-state index in [0.29, 0.717) is 16.9 Å². The number of rotatable bonds is 6. The van der Waals surface area contributed by atoms with Gasteiger partial charge in [-0.05, 0) is 42.3 Å². The highest BCUT2D eigenvalue weighted by Gasteiger charge is 2.23. The Morgan fingerprint density at radius 1 is 0.650 bits per heavy atom. The van der Waals surface area contributed by atoms with E-state index < -0.39 is 6.16 Å². The van der Waals surface area contributed by atoms with Crippen LogP contribution in [0, 0.1) is 6.92 Å². The molecule has 0 heterocycles. The fourth-order valence-corrected chi connectivity index (χ4v) is 3.75. The lowest BCUT2D eigenvalue weighted by Gasteiger charge is -2.26. The quantitative estimate of drug-likeness (QED) is 0.140. The minimum Gasteiger partial charge on any atom is -0.469 e. The van der Waals surface area contributed by atoms with Crippen LogP contribution in [0.1, 0.15) is 60.8 Å². The van der Waals surface area contributed by atoms with E-state index >= 15 is 0 Å². The summed E-state index contributed by atoms with van der Waals surface area (Å²) in [5.41, 5.74) is 4.32. The fraction of sp³-hybridized carbons (Fsp3) is 0.206. The second-order valence-electron chi connectivity index (χ2n) is 9.39. The summed E-state index contributed by atoms with van der Waals surface area (Å²) in [7, 11) is 1.35. The number of carbonyl (C=O) groups excluding carboxylic acids is 3. The molecule has 6 heteroatoms. The van der Waals surface area contributed by atoms with Crippen molar-refractivity contribution in [1.29, 1.82) is 0 Å². The van der Waals surface area contributed by atoms with Crippen LogP contribution in [0.3, 0.4) is 0 Å². The highest BCUT2D eigenvalue weighted by atomic mass is 16.7. The maximum absolute atomic E-state index is 12.6. The molecule has 0 atom stereocenters. The maximum atomic E-state index is 12.6. The van der Waals surface area contributed by atoms with Gasteiger partial charge in [-0.25, -0.2) is 4.79 Å². The summed E-state index contributed by atoms with van der Waals surface area (Å²) < 4.78 is 14.8. The SMILES string of the molecule is C.COC(C)=O.Cc1ccc(C(C)(C)c2ccc(OC(=O)Oc3cccc(C(=O)c4ccccc4)c3)cc2)cc1. The van der Waals surface area contributed by atoms with Gasteiger partial charge in [-0.3, -0.25) is 9.59 Å². The number of methoxy groups -OCH3 is 1. The lowest BCUT2D eigenvalue weighted by molar-refractivity contribution is -0.137. The first kappa shape index (κ1) is 31.5. The Balaban J connectivity index is 0.000000858. The molecule has 0 aliphatic carbocycles. The van der Waals surface area contributed by atoms with Crippen molar-refractivity contribution in [2.45, 2.75) is 40.5 Å². The third-order valence-electron chi connectivity index (χ3n) is 6.17. The van der Waals surface area contributed by atoms with Crippen molar-refractivity contribution in [2.24, 2.45) is 0 Å². The first-order valence-corrected chi connectivity index (χ1v) is 12.4. The number of aryl methyl sites for hydroxylation is 1. The summed E-state index contributed by atoms with van der Waals surface area (Å²) in [5.74, 6) is 0.227. The van der Waals surface area contributed by atoms with Gasteiger partial charge in [0, 0.05) is 23.5 Å². The molecule has 4 aromatic carbocycles. The van der Waals surface area contributed by atoms with Gasteiger partial charge in [0.2, 0.25) is 0 Å². The van der Waals surface area contributed by atoms with E-state index in [1.54, 1.807) is 54.6 Å². The predicted octanol–water partition coefficient (Wildman–Crippen LogP) is 7.95. The summed E-state index contributed by atoms with van der Waals surface area (Å²) in [6, 6.07) is 31.3. The number of hydrogen-bond acceptors (Lipinski definition) is 6. The molecule has 0 aliphatic rings. The standard InChI is InChI=1S/C30H26O4.C3H6O2.CH4/c1-21-12-14-24(15-13-21)30(2,3)25-16-18-26(19-17-25)33-29(32)34-27-11-7-10-23(20-27)28(31)22-8-5-4-6-9-22;1-3(4)5-2;/h4-20H,1-3H3;1-2H3;1H4. The maximum Gasteiger partial charge on any atom is 0.519 e. The van der Waals surface area contributed by atoms with Crippen molar-refractivity contribution in [3.05, 3.63) is 131 Å². The Morgan fingerprint density at radius 2 is 1.15 bits per heavy atom. The highest BCUT2D eigenvalue weighted by molar-refractivity contribution is 6.09. The van der Waals surface area contributed by atoms with Crippen molar-refractivity contribution in [2.75, 3.05) is 7.11 Å². The lowest BCUT2D eigenvalue weighted by atomic mass is 9.78. The van der Waals surface area contributed by atoms with E-state index in [4.69, 9.17) is 9.47 Å². The van der Waals surface area contributed by atoms with E-state index in [0.717, 1.165) is 5.56 Å². The van der Waals surface area contributed by atoms with E-state index in [2.05, 4.69) is 49.8 Å². The van der Waals surface area contributed by atoms with Crippen molar-refractivity contribution in [3.8, 4) is 11.5 Å². The first-order chi connectivity index (χ1) is 18.6. The van der Waals surface area contributed by atoms with Gasteiger partial charge in [0.1, 0.15) is 11.5 Å². The van der Waals surface area contributed by atoms with E-state index in [1.165, 1.54) is 31.2 Å². The molecule has 0 aromatic heterocycles. The molecule has 6 nitrogen and oxygen atoms in total. The molecule has 208 valence electrons. The van der Waals surface area contributed by atoms with Gasteiger partial charge in [0.15, 0.2) is 5.78 Å². The highest BCUT2D eigenvalue weighted by Crippen LogP contribution is 2.32. The molecule has 0 aliphatic heterocycles. The number of ketones is 1. The van der Waals surface area contributed by atoms with Gasteiger partial charge in [-0.15, -0.1) is 0 Å². The van der Waals surface area contributed by atoms with Crippen molar-refractivity contribution >= 4 is 17.9 Å². The van der Waals surface area contributed by atoms with Crippen LogP contribution in [0.4, 0.5) is 4.79 Å². The summed E-state index contributed by atoms with van der Waals surface area (Å²) >= 11 is 0. The van der Waals surface area contributed by atoms with Crippen LogP contribution in [0.25, 0.3) is 0 Å². The van der Waals surface area contributed by atoms with Crippen LogP contribution in [-0.4, -0.2) is 25.0 Å². The number of ether oxygens (including phenoxy) is 3. The summed E-state index contributed by atoms with van der Waals surface area (Å²) in [6.45, 7) is 7.75. The minimum atomic E-state index is -0.866. The number of esters is 1. The van der Waals surface area contributed by atoms with Gasteiger partial charge in [-0.1, -0.05) is 106 Å². The molecule has 0 spiro atoms. The normalized spacial score (nSPS) is 10.2. The molecule has 0 radical (unpaired) electrons. The molecule has 0 fully saturated rings. The molecule has 0 unspecified atom stereocenters. The Kier molecular flexibility index (Phi) is 11.4. The van der Waals surface area contributed by atoms with E-state index in [1.807, 2.05) is 18.2 Å². The van der Waals surface area contributed by atoms with Crippen LogP contribution >= 0.6 is 0 Å². The van der Waals surface area contributed by atoms with Crippen LogP contribution in [-0.2, 0) is 14.9 Å². The molecule has 0 amide bonds. The molecule has 0 saturated heterocycles. The second kappa shape index (κ2) is 14.4. The van der Waals surface area contributed by atoms with Gasteiger partial charge in [-0.2, -0.15) is 0 Å². The Morgan fingerprint density at radius 3 is 1.70 bits per heavy atom. The zero-order valence-electron chi connectivity index (χ0n) is 22.8. The molecule has 40 heavy (non-hydrogen) atoms. The summed E-state index contributed by atoms with van der Waals surface area (Å²) in [4.78, 5) is 34.6. The van der Waals surface area contributed by atoms with Gasteiger partial charge in [0.05, 0.1) is 7.11 Å². The average Bonchev–Trinajstić information content (AvgIpc) is 2.94. The van der Waals surface area contributed by atoms with Crippen molar-refractivity contribution in [3.63, 3.8) is 0 Å². The molecule has 4 rings (SSSR count).